The van der Waals surface area contributed by atoms with Gasteiger partial charge in [0, 0.05) is 6.61 Å². The third kappa shape index (κ3) is 1.84. The van der Waals surface area contributed by atoms with Gasteiger partial charge in [-0.2, -0.15) is 0 Å². The minimum absolute atomic E-state index is 0.450. The zero-order valence-corrected chi connectivity index (χ0v) is 11.5. The fourth-order valence-corrected chi connectivity index (χ4v) is 5.85. The summed E-state index contributed by atoms with van der Waals surface area (Å²) in [6.07, 6.45) is 8.61. The molecule has 0 radical (unpaired) electrons. The molecule has 5 fully saturated rings. The summed E-state index contributed by atoms with van der Waals surface area (Å²) in [4.78, 5) is 11.7. The summed E-state index contributed by atoms with van der Waals surface area (Å²) >= 11 is 0. The van der Waals surface area contributed by atoms with Gasteiger partial charge in [0.2, 0.25) is 0 Å². The fraction of sp³-hybridized carbons (Fsp3) is 0.938. The Morgan fingerprint density at radius 3 is 2.21 bits per heavy atom. The summed E-state index contributed by atoms with van der Waals surface area (Å²) in [5.74, 6) is 3.66. The van der Waals surface area contributed by atoms with Gasteiger partial charge in [-0.1, -0.05) is 0 Å². The van der Waals surface area contributed by atoms with Crippen LogP contribution < -0.4 is 0 Å². The van der Waals surface area contributed by atoms with Crippen LogP contribution >= 0.6 is 0 Å². The Bertz CT molecular complexity index is 355. The SMILES string of the molecule is O=C(O)C1(CC2C3CC4CC(C3)CC2C4)CCOC1. The van der Waals surface area contributed by atoms with Crippen LogP contribution in [-0.4, -0.2) is 24.3 Å². The first-order valence-corrected chi connectivity index (χ1v) is 7.97. The summed E-state index contributed by atoms with van der Waals surface area (Å²) < 4.78 is 5.43. The number of carboxylic acids is 1. The number of rotatable bonds is 3. The van der Waals surface area contributed by atoms with Crippen LogP contribution in [-0.2, 0) is 9.53 Å². The van der Waals surface area contributed by atoms with Gasteiger partial charge >= 0.3 is 5.97 Å². The second kappa shape index (κ2) is 4.21. The van der Waals surface area contributed by atoms with Crippen LogP contribution in [0, 0.1) is 35.0 Å². The highest BCUT2D eigenvalue weighted by molar-refractivity contribution is 5.75. The van der Waals surface area contributed by atoms with E-state index in [9.17, 15) is 9.90 Å². The van der Waals surface area contributed by atoms with E-state index in [-0.39, 0.29) is 0 Å². The summed E-state index contributed by atoms with van der Waals surface area (Å²) in [6, 6.07) is 0. The molecule has 0 aromatic heterocycles. The van der Waals surface area contributed by atoms with Crippen molar-refractivity contribution >= 4 is 5.97 Å². The highest BCUT2D eigenvalue weighted by Crippen LogP contribution is 2.59. The first kappa shape index (κ1) is 12.2. The lowest BCUT2D eigenvalue weighted by atomic mass is 9.50. The molecule has 0 aromatic carbocycles. The lowest BCUT2D eigenvalue weighted by Crippen LogP contribution is -2.48. The van der Waals surface area contributed by atoms with E-state index < -0.39 is 11.4 Å². The van der Waals surface area contributed by atoms with Crippen LogP contribution in [0.15, 0.2) is 0 Å². The van der Waals surface area contributed by atoms with Gasteiger partial charge in [-0.15, -0.1) is 0 Å². The Hall–Kier alpha value is -0.570. The number of carboxylic acid groups (broad SMARTS) is 1. The van der Waals surface area contributed by atoms with Crippen molar-refractivity contribution in [2.24, 2.45) is 35.0 Å². The van der Waals surface area contributed by atoms with E-state index in [0.29, 0.717) is 19.1 Å². The smallest absolute Gasteiger partial charge is 0.312 e. The molecule has 4 saturated carbocycles. The van der Waals surface area contributed by atoms with Gasteiger partial charge in [0.05, 0.1) is 12.0 Å². The first-order valence-electron chi connectivity index (χ1n) is 7.97. The molecule has 1 saturated heterocycles. The van der Waals surface area contributed by atoms with Gasteiger partial charge < -0.3 is 9.84 Å². The molecule has 3 heteroatoms. The number of carbonyl (C=O) groups is 1. The number of hydrogen-bond acceptors (Lipinski definition) is 2. The van der Waals surface area contributed by atoms with E-state index in [2.05, 4.69) is 0 Å². The molecule has 3 nitrogen and oxygen atoms in total. The van der Waals surface area contributed by atoms with E-state index in [1.54, 1.807) is 0 Å². The monoisotopic (exact) mass is 264 g/mol. The minimum atomic E-state index is -0.612. The van der Waals surface area contributed by atoms with E-state index >= 15 is 0 Å². The van der Waals surface area contributed by atoms with Crippen molar-refractivity contribution in [3.8, 4) is 0 Å². The highest BCUT2D eigenvalue weighted by atomic mass is 16.5. The zero-order chi connectivity index (χ0) is 13.0. The van der Waals surface area contributed by atoms with E-state index in [1.165, 1.54) is 32.1 Å². The van der Waals surface area contributed by atoms with Gasteiger partial charge in [-0.05, 0) is 74.5 Å². The fourth-order valence-electron chi connectivity index (χ4n) is 5.85. The van der Waals surface area contributed by atoms with Crippen LogP contribution in [0.2, 0.25) is 0 Å². The Balaban J connectivity index is 1.55. The molecule has 1 aliphatic heterocycles. The highest BCUT2D eigenvalue weighted by Gasteiger charge is 2.53. The van der Waals surface area contributed by atoms with E-state index in [0.717, 1.165) is 36.5 Å². The summed E-state index contributed by atoms with van der Waals surface area (Å²) in [7, 11) is 0. The van der Waals surface area contributed by atoms with Gasteiger partial charge in [0.1, 0.15) is 0 Å². The average Bonchev–Trinajstić information content (AvgIpc) is 2.83. The van der Waals surface area contributed by atoms with Gasteiger partial charge in [0.15, 0.2) is 0 Å². The largest absolute Gasteiger partial charge is 0.481 e. The number of hydrogen-bond donors (Lipinski definition) is 1. The quantitative estimate of drug-likeness (QED) is 0.852. The zero-order valence-electron chi connectivity index (χ0n) is 11.5. The lowest BCUT2D eigenvalue weighted by molar-refractivity contribution is -0.152. The number of aliphatic carboxylic acids is 1. The second-order valence-electron chi connectivity index (χ2n) is 7.69. The van der Waals surface area contributed by atoms with Crippen LogP contribution in [0.25, 0.3) is 0 Å². The molecule has 5 rings (SSSR count). The van der Waals surface area contributed by atoms with Crippen molar-refractivity contribution in [3.63, 3.8) is 0 Å². The van der Waals surface area contributed by atoms with Gasteiger partial charge in [-0.25, -0.2) is 0 Å². The molecular formula is C16H24O3. The Kier molecular flexibility index (Phi) is 2.70. The predicted molar refractivity (Wildman–Crippen MR) is 70.7 cm³/mol. The third-order valence-electron chi connectivity index (χ3n) is 6.61. The molecule has 0 amide bonds. The Labute approximate surface area is 114 Å². The first-order chi connectivity index (χ1) is 9.16. The second-order valence-corrected chi connectivity index (χ2v) is 7.69. The number of ether oxygens (including phenoxy) is 1. The molecule has 4 bridgehead atoms. The predicted octanol–water partition coefficient (Wildman–Crippen LogP) is 2.94. The van der Waals surface area contributed by atoms with Crippen molar-refractivity contribution in [2.45, 2.75) is 44.9 Å². The Morgan fingerprint density at radius 1 is 1.11 bits per heavy atom. The molecule has 19 heavy (non-hydrogen) atoms. The molecule has 1 atom stereocenters. The molecule has 4 aliphatic carbocycles. The molecule has 106 valence electrons. The maximum absolute atomic E-state index is 11.7. The standard InChI is InChI=1S/C16H24O3/c17-15(18)16(1-2-19-9-16)8-14-12-4-10-3-11(6-12)7-13(14)5-10/h10-14H,1-9H2,(H,17,18). The third-order valence-corrected chi connectivity index (χ3v) is 6.61. The molecule has 0 aromatic rings. The normalized spacial score (nSPS) is 51.7. The van der Waals surface area contributed by atoms with Gasteiger partial charge in [0.25, 0.3) is 0 Å². The maximum Gasteiger partial charge on any atom is 0.312 e. The summed E-state index contributed by atoms with van der Waals surface area (Å²) in [6.45, 7) is 1.09. The van der Waals surface area contributed by atoms with Crippen LogP contribution in [0.3, 0.4) is 0 Å². The van der Waals surface area contributed by atoms with E-state index in [1.807, 2.05) is 0 Å². The van der Waals surface area contributed by atoms with Crippen LogP contribution in [0.1, 0.15) is 44.9 Å². The van der Waals surface area contributed by atoms with Gasteiger partial charge in [-0.3, -0.25) is 4.79 Å². The molecule has 1 unspecified atom stereocenters. The molecule has 1 N–H and O–H groups in total. The van der Waals surface area contributed by atoms with Crippen molar-refractivity contribution in [3.05, 3.63) is 0 Å². The van der Waals surface area contributed by atoms with Crippen molar-refractivity contribution in [1.82, 2.24) is 0 Å². The molecular weight excluding hydrogens is 240 g/mol. The van der Waals surface area contributed by atoms with Crippen LogP contribution in [0.4, 0.5) is 0 Å². The van der Waals surface area contributed by atoms with Crippen LogP contribution in [0.5, 0.6) is 0 Å². The minimum Gasteiger partial charge on any atom is -0.481 e. The molecule has 1 heterocycles. The summed E-state index contributed by atoms with van der Waals surface area (Å²) in [5, 5.41) is 9.64. The average molecular weight is 264 g/mol. The van der Waals surface area contributed by atoms with Crippen molar-refractivity contribution in [1.29, 1.82) is 0 Å². The molecule has 0 spiro atoms. The van der Waals surface area contributed by atoms with E-state index in [4.69, 9.17) is 4.74 Å². The van der Waals surface area contributed by atoms with Crippen molar-refractivity contribution < 1.29 is 14.6 Å². The summed E-state index contributed by atoms with van der Waals surface area (Å²) in [5.41, 5.74) is -0.556. The molecule has 5 aliphatic rings. The maximum atomic E-state index is 11.7. The Morgan fingerprint density at radius 2 is 1.74 bits per heavy atom. The lowest BCUT2D eigenvalue weighted by Gasteiger charge is -2.55. The van der Waals surface area contributed by atoms with Crippen molar-refractivity contribution in [2.75, 3.05) is 13.2 Å². The topological polar surface area (TPSA) is 46.5 Å².